The second-order valence-electron chi connectivity index (χ2n) is 3.21. The van der Waals surface area contributed by atoms with Gasteiger partial charge in [-0.05, 0) is 6.92 Å². The van der Waals surface area contributed by atoms with Gasteiger partial charge in [-0.25, -0.2) is 4.98 Å². The summed E-state index contributed by atoms with van der Waals surface area (Å²) >= 11 is 0. The van der Waals surface area contributed by atoms with Gasteiger partial charge in [-0.1, -0.05) is 0 Å². The van der Waals surface area contributed by atoms with Crippen LogP contribution in [0.2, 0.25) is 0 Å². The summed E-state index contributed by atoms with van der Waals surface area (Å²) in [5.41, 5.74) is 1.01. The lowest BCUT2D eigenvalue weighted by Gasteiger charge is -2.13. The fraction of sp³-hybridized carbons (Fsp3) is 0.667. The molecule has 0 aliphatic rings. The van der Waals surface area contributed by atoms with Crippen LogP contribution in [0.15, 0.2) is 6.20 Å². The lowest BCUT2D eigenvalue weighted by atomic mass is 10.3. The van der Waals surface area contributed by atoms with Crippen LogP contribution in [0.4, 0.5) is 0 Å². The van der Waals surface area contributed by atoms with Crippen LogP contribution in [0.1, 0.15) is 11.5 Å². The normalized spacial score (nSPS) is 13.1. The summed E-state index contributed by atoms with van der Waals surface area (Å²) in [7, 11) is 1.62. The van der Waals surface area contributed by atoms with E-state index in [1.54, 1.807) is 13.3 Å². The van der Waals surface area contributed by atoms with E-state index >= 15 is 0 Å². The molecular weight excluding hydrogens is 182 g/mol. The SMILES string of the molecule is COCC(CO)NCc1cnc(C)[nH]1. The zero-order valence-corrected chi connectivity index (χ0v) is 8.58. The Labute approximate surface area is 83.5 Å². The minimum atomic E-state index is -0.0244. The van der Waals surface area contributed by atoms with Crippen LogP contribution < -0.4 is 5.32 Å². The maximum atomic E-state index is 8.97. The summed E-state index contributed by atoms with van der Waals surface area (Å²) in [4.78, 5) is 7.18. The standard InChI is InChI=1S/C9H17N3O2/c1-7-10-3-8(12-7)4-11-9(5-13)6-14-2/h3,9,11,13H,4-6H2,1-2H3,(H,10,12). The second-order valence-corrected chi connectivity index (χ2v) is 3.21. The Kier molecular flexibility index (Phi) is 4.58. The van der Waals surface area contributed by atoms with Gasteiger partial charge in [0.05, 0.1) is 19.3 Å². The predicted molar refractivity (Wildman–Crippen MR) is 52.9 cm³/mol. The second kappa shape index (κ2) is 5.74. The van der Waals surface area contributed by atoms with E-state index in [4.69, 9.17) is 9.84 Å². The Morgan fingerprint density at radius 1 is 1.71 bits per heavy atom. The molecule has 0 amide bonds. The molecule has 0 fully saturated rings. The average molecular weight is 199 g/mol. The van der Waals surface area contributed by atoms with Gasteiger partial charge in [0.2, 0.25) is 0 Å². The van der Waals surface area contributed by atoms with Crippen molar-refractivity contribution in [1.29, 1.82) is 0 Å². The van der Waals surface area contributed by atoms with Crippen molar-refractivity contribution in [2.24, 2.45) is 0 Å². The molecule has 0 saturated carbocycles. The summed E-state index contributed by atoms with van der Waals surface area (Å²) in [6, 6.07) is -0.0244. The average Bonchev–Trinajstić information content (AvgIpc) is 2.59. The molecule has 0 spiro atoms. The third kappa shape index (κ3) is 3.45. The van der Waals surface area contributed by atoms with Crippen LogP contribution in [0.5, 0.6) is 0 Å². The van der Waals surface area contributed by atoms with Gasteiger partial charge >= 0.3 is 0 Å². The van der Waals surface area contributed by atoms with E-state index in [0.717, 1.165) is 11.5 Å². The molecule has 1 rings (SSSR count). The smallest absolute Gasteiger partial charge is 0.103 e. The summed E-state index contributed by atoms with van der Waals surface area (Å²) in [6.45, 7) is 3.14. The Morgan fingerprint density at radius 3 is 3.00 bits per heavy atom. The van der Waals surface area contributed by atoms with Gasteiger partial charge in [-0.2, -0.15) is 0 Å². The van der Waals surface area contributed by atoms with Crippen molar-refractivity contribution in [3.05, 3.63) is 17.7 Å². The van der Waals surface area contributed by atoms with Gasteiger partial charge in [0.15, 0.2) is 0 Å². The molecule has 1 aromatic rings. The quantitative estimate of drug-likeness (QED) is 0.594. The lowest BCUT2D eigenvalue weighted by Crippen LogP contribution is -2.35. The summed E-state index contributed by atoms with van der Waals surface area (Å²) in [5.74, 6) is 0.897. The number of H-pyrrole nitrogens is 1. The fourth-order valence-electron chi connectivity index (χ4n) is 1.19. The number of aliphatic hydroxyl groups is 1. The van der Waals surface area contributed by atoms with Crippen LogP contribution >= 0.6 is 0 Å². The van der Waals surface area contributed by atoms with Crippen molar-refractivity contribution >= 4 is 0 Å². The number of aryl methyl sites for hydroxylation is 1. The van der Waals surface area contributed by atoms with Crippen LogP contribution in [0, 0.1) is 6.92 Å². The van der Waals surface area contributed by atoms with Crippen molar-refractivity contribution in [3.63, 3.8) is 0 Å². The van der Waals surface area contributed by atoms with Crippen molar-refractivity contribution in [1.82, 2.24) is 15.3 Å². The highest BCUT2D eigenvalue weighted by atomic mass is 16.5. The number of rotatable bonds is 6. The first-order valence-electron chi connectivity index (χ1n) is 4.60. The third-order valence-corrected chi connectivity index (χ3v) is 1.92. The highest BCUT2D eigenvalue weighted by molar-refractivity contribution is 4.99. The first-order chi connectivity index (χ1) is 6.76. The van der Waals surface area contributed by atoms with Crippen LogP contribution in [0.3, 0.4) is 0 Å². The zero-order valence-electron chi connectivity index (χ0n) is 8.58. The van der Waals surface area contributed by atoms with Crippen molar-refractivity contribution < 1.29 is 9.84 Å². The summed E-state index contributed by atoms with van der Waals surface area (Å²) in [6.07, 6.45) is 1.78. The number of ether oxygens (including phenoxy) is 1. The van der Waals surface area contributed by atoms with Gasteiger partial charge in [-0.15, -0.1) is 0 Å². The largest absolute Gasteiger partial charge is 0.395 e. The molecule has 3 N–H and O–H groups in total. The molecule has 5 heteroatoms. The first-order valence-corrected chi connectivity index (χ1v) is 4.60. The number of methoxy groups -OCH3 is 1. The first kappa shape index (κ1) is 11.2. The molecule has 0 bridgehead atoms. The maximum absolute atomic E-state index is 8.97. The zero-order chi connectivity index (χ0) is 10.4. The van der Waals surface area contributed by atoms with E-state index in [0.29, 0.717) is 13.2 Å². The molecule has 1 heterocycles. The minimum absolute atomic E-state index is 0.0244. The van der Waals surface area contributed by atoms with E-state index in [2.05, 4.69) is 15.3 Å². The van der Waals surface area contributed by atoms with Crippen LogP contribution in [0.25, 0.3) is 0 Å². The van der Waals surface area contributed by atoms with Crippen LogP contribution in [-0.2, 0) is 11.3 Å². The van der Waals surface area contributed by atoms with Gasteiger partial charge in [-0.3, -0.25) is 0 Å². The molecule has 0 radical (unpaired) electrons. The molecule has 5 nitrogen and oxygen atoms in total. The van der Waals surface area contributed by atoms with Crippen molar-refractivity contribution in [2.45, 2.75) is 19.5 Å². The third-order valence-electron chi connectivity index (χ3n) is 1.92. The van der Waals surface area contributed by atoms with E-state index in [9.17, 15) is 0 Å². The van der Waals surface area contributed by atoms with Crippen molar-refractivity contribution in [2.75, 3.05) is 20.3 Å². The molecular formula is C9H17N3O2. The number of aromatic amines is 1. The number of aliphatic hydroxyl groups excluding tert-OH is 1. The van der Waals surface area contributed by atoms with E-state index in [1.807, 2.05) is 6.92 Å². The summed E-state index contributed by atoms with van der Waals surface area (Å²) < 4.78 is 4.94. The lowest BCUT2D eigenvalue weighted by molar-refractivity contribution is 0.128. The summed E-state index contributed by atoms with van der Waals surface area (Å²) in [5, 5.41) is 12.1. The molecule has 1 unspecified atom stereocenters. The number of imidazole rings is 1. The molecule has 14 heavy (non-hydrogen) atoms. The number of hydrogen-bond donors (Lipinski definition) is 3. The molecule has 0 aliphatic heterocycles. The van der Waals surface area contributed by atoms with Crippen molar-refractivity contribution in [3.8, 4) is 0 Å². The molecule has 1 aromatic heterocycles. The van der Waals surface area contributed by atoms with Crippen LogP contribution in [-0.4, -0.2) is 41.4 Å². The Bertz CT molecular complexity index is 262. The number of aromatic nitrogens is 2. The molecule has 1 atom stereocenters. The molecule has 0 aromatic carbocycles. The molecule has 80 valence electrons. The van der Waals surface area contributed by atoms with Gasteiger partial charge in [0.1, 0.15) is 5.82 Å². The highest BCUT2D eigenvalue weighted by Crippen LogP contribution is 1.95. The van der Waals surface area contributed by atoms with E-state index < -0.39 is 0 Å². The topological polar surface area (TPSA) is 70.2 Å². The Morgan fingerprint density at radius 2 is 2.50 bits per heavy atom. The predicted octanol–water partition coefficient (Wildman–Crippen LogP) is -0.185. The van der Waals surface area contributed by atoms with Gasteiger partial charge < -0.3 is 20.1 Å². The number of hydrogen-bond acceptors (Lipinski definition) is 4. The minimum Gasteiger partial charge on any atom is -0.395 e. The molecule has 0 saturated heterocycles. The Hall–Kier alpha value is -0.910. The fourth-order valence-corrected chi connectivity index (χ4v) is 1.19. The molecule has 0 aliphatic carbocycles. The van der Waals surface area contributed by atoms with Gasteiger partial charge in [0, 0.05) is 25.5 Å². The number of nitrogens with one attached hydrogen (secondary N) is 2. The number of nitrogens with zero attached hydrogens (tertiary/aromatic N) is 1. The van der Waals surface area contributed by atoms with Gasteiger partial charge in [0.25, 0.3) is 0 Å². The maximum Gasteiger partial charge on any atom is 0.103 e. The highest BCUT2D eigenvalue weighted by Gasteiger charge is 2.06. The van der Waals surface area contributed by atoms with E-state index in [1.165, 1.54) is 0 Å². The Balaban J connectivity index is 2.31. The van der Waals surface area contributed by atoms with E-state index in [-0.39, 0.29) is 12.6 Å². The monoisotopic (exact) mass is 199 g/mol.